The van der Waals surface area contributed by atoms with Crippen molar-refractivity contribution in [1.29, 1.82) is 0 Å². The molecule has 0 radical (unpaired) electrons. The molecule has 0 N–H and O–H groups in total. The predicted octanol–water partition coefficient (Wildman–Crippen LogP) is 3.53. The Morgan fingerprint density at radius 1 is 1.21 bits per heavy atom. The van der Waals surface area contributed by atoms with Crippen LogP contribution >= 0.6 is 0 Å². The standard InChI is InChI=1S/C19H23N3O2/c1-12-5-7-22(8-6-12)19-20-13(2)18-15(21-19)10-14(11-16(18)23)17-4-3-9-24-17/h3-4,9,12,14H,5-8,10-11H2,1-2H3/t14-/m0/s1. The smallest absolute Gasteiger partial charge is 0.225 e. The number of ketones is 1. The number of furan rings is 1. The summed E-state index contributed by atoms with van der Waals surface area (Å²) >= 11 is 0. The van der Waals surface area contributed by atoms with E-state index < -0.39 is 0 Å². The maximum atomic E-state index is 12.6. The lowest BCUT2D eigenvalue weighted by Gasteiger charge is -2.31. The van der Waals surface area contributed by atoms with Crippen molar-refractivity contribution >= 4 is 11.7 Å². The summed E-state index contributed by atoms with van der Waals surface area (Å²) in [6, 6.07) is 3.82. The molecule has 0 amide bonds. The van der Waals surface area contributed by atoms with Gasteiger partial charge < -0.3 is 9.32 Å². The number of hydrogen-bond donors (Lipinski definition) is 0. The Bertz CT molecular complexity index is 746. The zero-order valence-corrected chi connectivity index (χ0v) is 14.3. The van der Waals surface area contributed by atoms with Gasteiger partial charge in [0.1, 0.15) is 5.76 Å². The number of Topliss-reactive ketones (excluding diaryl/α,β-unsaturated/α-hetero) is 1. The van der Waals surface area contributed by atoms with Crippen molar-refractivity contribution in [1.82, 2.24) is 9.97 Å². The number of anilines is 1. The average Bonchev–Trinajstić information content (AvgIpc) is 3.09. The number of piperidine rings is 1. The monoisotopic (exact) mass is 325 g/mol. The van der Waals surface area contributed by atoms with E-state index in [-0.39, 0.29) is 11.7 Å². The molecule has 0 aromatic carbocycles. The van der Waals surface area contributed by atoms with Gasteiger partial charge in [0.05, 0.1) is 23.2 Å². The van der Waals surface area contributed by atoms with Crippen molar-refractivity contribution < 1.29 is 9.21 Å². The minimum absolute atomic E-state index is 0.0866. The van der Waals surface area contributed by atoms with Crippen LogP contribution in [0.5, 0.6) is 0 Å². The number of aryl methyl sites for hydroxylation is 1. The number of nitrogens with zero attached hydrogens (tertiary/aromatic N) is 3. The van der Waals surface area contributed by atoms with Crippen molar-refractivity contribution in [3.63, 3.8) is 0 Å². The Morgan fingerprint density at radius 3 is 2.71 bits per heavy atom. The van der Waals surface area contributed by atoms with Crippen molar-refractivity contribution in [3.8, 4) is 0 Å². The summed E-state index contributed by atoms with van der Waals surface area (Å²) in [5, 5.41) is 0. The maximum absolute atomic E-state index is 12.6. The lowest BCUT2D eigenvalue weighted by atomic mass is 9.84. The molecule has 4 rings (SSSR count). The normalized spacial score (nSPS) is 21.8. The second kappa shape index (κ2) is 6.04. The van der Waals surface area contributed by atoms with E-state index in [0.29, 0.717) is 6.42 Å². The van der Waals surface area contributed by atoms with Crippen LogP contribution in [0, 0.1) is 12.8 Å². The third kappa shape index (κ3) is 2.72. The molecule has 0 spiro atoms. The Morgan fingerprint density at radius 2 is 2.00 bits per heavy atom. The zero-order valence-electron chi connectivity index (χ0n) is 14.3. The van der Waals surface area contributed by atoms with E-state index in [1.807, 2.05) is 19.1 Å². The molecule has 2 aromatic heterocycles. The first-order chi connectivity index (χ1) is 11.6. The molecule has 0 bridgehead atoms. The van der Waals surface area contributed by atoms with Crippen LogP contribution in [0.25, 0.3) is 0 Å². The highest BCUT2D eigenvalue weighted by Gasteiger charge is 2.32. The summed E-state index contributed by atoms with van der Waals surface area (Å²) in [5.74, 6) is 2.65. The lowest BCUT2D eigenvalue weighted by molar-refractivity contribution is 0.0958. The number of hydrogen-bond acceptors (Lipinski definition) is 5. The molecule has 0 unspecified atom stereocenters. The average molecular weight is 325 g/mol. The van der Waals surface area contributed by atoms with Gasteiger partial charge in [0, 0.05) is 31.8 Å². The summed E-state index contributed by atoms with van der Waals surface area (Å²) in [7, 11) is 0. The van der Waals surface area contributed by atoms with Crippen LogP contribution in [-0.4, -0.2) is 28.8 Å². The molecule has 5 heteroatoms. The van der Waals surface area contributed by atoms with E-state index >= 15 is 0 Å². The molecule has 1 saturated heterocycles. The van der Waals surface area contributed by atoms with Gasteiger partial charge in [0.2, 0.25) is 5.95 Å². The molecule has 1 fully saturated rings. The fourth-order valence-electron chi connectivity index (χ4n) is 3.83. The molecular formula is C19H23N3O2. The van der Waals surface area contributed by atoms with Crippen LogP contribution < -0.4 is 4.90 Å². The Hall–Kier alpha value is -2.17. The first-order valence-electron chi connectivity index (χ1n) is 8.81. The van der Waals surface area contributed by atoms with Crippen molar-refractivity contribution in [2.45, 2.75) is 45.4 Å². The zero-order chi connectivity index (χ0) is 16.7. The molecule has 2 aromatic rings. The van der Waals surface area contributed by atoms with Gasteiger partial charge >= 0.3 is 0 Å². The molecule has 3 heterocycles. The number of fused-ring (bicyclic) bond motifs is 1. The highest BCUT2D eigenvalue weighted by Crippen LogP contribution is 2.34. The highest BCUT2D eigenvalue weighted by atomic mass is 16.3. The van der Waals surface area contributed by atoms with Gasteiger partial charge in [-0.15, -0.1) is 0 Å². The number of rotatable bonds is 2. The molecule has 1 aliphatic carbocycles. The SMILES string of the molecule is Cc1nc(N2CCC(C)CC2)nc2c1C(=O)C[C@@H](c1ccco1)C2. The number of carbonyl (C=O) groups excluding carboxylic acids is 1. The number of carbonyl (C=O) groups is 1. The van der Waals surface area contributed by atoms with Crippen LogP contribution in [-0.2, 0) is 6.42 Å². The van der Waals surface area contributed by atoms with E-state index in [9.17, 15) is 4.79 Å². The fourth-order valence-corrected chi connectivity index (χ4v) is 3.83. The van der Waals surface area contributed by atoms with Crippen molar-refractivity contribution in [3.05, 3.63) is 41.1 Å². The maximum Gasteiger partial charge on any atom is 0.225 e. The van der Waals surface area contributed by atoms with Crippen molar-refractivity contribution in [2.24, 2.45) is 5.92 Å². The van der Waals surface area contributed by atoms with Gasteiger partial charge in [-0.2, -0.15) is 0 Å². The van der Waals surface area contributed by atoms with E-state index in [2.05, 4.69) is 16.8 Å². The minimum atomic E-state index is 0.0866. The summed E-state index contributed by atoms with van der Waals surface area (Å²) in [6.07, 6.45) is 5.24. The summed E-state index contributed by atoms with van der Waals surface area (Å²) in [4.78, 5) is 24.3. The van der Waals surface area contributed by atoms with E-state index in [0.717, 1.165) is 54.1 Å². The third-order valence-corrected chi connectivity index (χ3v) is 5.32. The van der Waals surface area contributed by atoms with Crippen LogP contribution in [0.2, 0.25) is 0 Å². The second-order valence-corrected chi connectivity index (χ2v) is 7.14. The Balaban J connectivity index is 1.66. The van der Waals surface area contributed by atoms with Gasteiger partial charge in [-0.3, -0.25) is 4.79 Å². The first kappa shape index (κ1) is 15.4. The van der Waals surface area contributed by atoms with Gasteiger partial charge in [0.25, 0.3) is 0 Å². The van der Waals surface area contributed by atoms with Crippen molar-refractivity contribution in [2.75, 3.05) is 18.0 Å². The van der Waals surface area contributed by atoms with E-state index in [1.54, 1.807) is 6.26 Å². The molecule has 126 valence electrons. The fraction of sp³-hybridized carbons (Fsp3) is 0.526. The third-order valence-electron chi connectivity index (χ3n) is 5.32. The molecule has 0 saturated carbocycles. The molecule has 5 nitrogen and oxygen atoms in total. The first-order valence-corrected chi connectivity index (χ1v) is 8.81. The van der Waals surface area contributed by atoms with Gasteiger partial charge in [-0.25, -0.2) is 9.97 Å². The van der Waals surface area contributed by atoms with Gasteiger partial charge in [0.15, 0.2) is 5.78 Å². The lowest BCUT2D eigenvalue weighted by Crippen LogP contribution is -2.35. The van der Waals surface area contributed by atoms with E-state index in [4.69, 9.17) is 9.40 Å². The Kier molecular flexibility index (Phi) is 3.87. The van der Waals surface area contributed by atoms with Crippen LogP contribution in [0.1, 0.15) is 59.6 Å². The van der Waals surface area contributed by atoms with Gasteiger partial charge in [-0.05, 0) is 37.8 Å². The largest absolute Gasteiger partial charge is 0.469 e. The Labute approximate surface area is 142 Å². The van der Waals surface area contributed by atoms with Gasteiger partial charge in [-0.1, -0.05) is 6.92 Å². The highest BCUT2D eigenvalue weighted by molar-refractivity contribution is 5.99. The number of aromatic nitrogens is 2. The predicted molar refractivity (Wildman–Crippen MR) is 91.5 cm³/mol. The quantitative estimate of drug-likeness (QED) is 0.845. The summed E-state index contributed by atoms with van der Waals surface area (Å²) in [6.45, 7) is 6.22. The van der Waals surface area contributed by atoms with E-state index in [1.165, 1.54) is 12.8 Å². The summed E-state index contributed by atoms with van der Waals surface area (Å²) in [5.41, 5.74) is 2.43. The molecule has 2 aliphatic rings. The summed E-state index contributed by atoms with van der Waals surface area (Å²) < 4.78 is 5.52. The molecule has 1 aliphatic heterocycles. The molecule has 24 heavy (non-hydrogen) atoms. The molecule has 1 atom stereocenters. The topological polar surface area (TPSA) is 59.2 Å². The van der Waals surface area contributed by atoms with Crippen LogP contribution in [0.3, 0.4) is 0 Å². The van der Waals surface area contributed by atoms with Crippen LogP contribution in [0.15, 0.2) is 22.8 Å². The van der Waals surface area contributed by atoms with Crippen LogP contribution in [0.4, 0.5) is 5.95 Å². The second-order valence-electron chi connectivity index (χ2n) is 7.14. The minimum Gasteiger partial charge on any atom is -0.469 e. The molecular weight excluding hydrogens is 302 g/mol.